The monoisotopic (exact) mass is 329 g/mol. The Bertz CT molecular complexity index is 733. The zero-order valence-electron chi connectivity index (χ0n) is 15.0. The van der Waals surface area contributed by atoms with Gasteiger partial charge in [-0.3, -0.25) is 0 Å². The molecule has 1 heterocycles. The van der Waals surface area contributed by atoms with E-state index in [1.54, 1.807) is 0 Å². The van der Waals surface area contributed by atoms with E-state index in [9.17, 15) is 5.11 Å². The Morgan fingerprint density at radius 3 is 2.83 bits per heavy atom. The van der Waals surface area contributed by atoms with E-state index in [1.807, 2.05) is 7.05 Å². The molecular weight excluding hydrogens is 300 g/mol. The van der Waals surface area contributed by atoms with Crippen LogP contribution in [0, 0.1) is 19.8 Å². The van der Waals surface area contributed by atoms with Gasteiger partial charge >= 0.3 is 0 Å². The van der Waals surface area contributed by atoms with Crippen LogP contribution in [0.25, 0.3) is 11.0 Å². The van der Waals surface area contributed by atoms with Crippen LogP contribution < -0.4 is 4.57 Å². The number of aliphatic hydroxyl groups excluding tert-OH is 1. The Hall–Kier alpha value is -1.65. The van der Waals surface area contributed by atoms with Gasteiger partial charge in [-0.05, 0) is 62.3 Å². The molecule has 0 spiro atoms. The Kier molecular flexibility index (Phi) is 5.36. The molecule has 1 aromatic carbocycles. The quantitative estimate of drug-likeness (QED) is 0.654. The first-order valence-electron chi connectivity index (χ1n) is 8.91. The molecule has 1 aliphatic carbocycles. The summed E-state index contributed by atoms with van der Waals surface area (Å²) in [6.45, 7) is 5.97. The number of imidazole rings is 1. The minimum Gasteiger partial charge on any atom is -0.387 e. The largest absolute Gasteiger partial charge is 0.387 e. The highest BCUT2D eigenvalue weighted by molar-refractivity contribution is 5.74. The van der Waals surface area contributed by atoms with E-state index >= 15 is 0 Å². The average molecular weight is 329 g/mol. The molecule has 2 aromatic rings. The van der Waals surface area contributed by atoms with Gasteiger partial charge in [-0.2, -0.15) is 0 Å². The van der Waals surface area contributed by atoms with Crippen molar-refractivity contribution < 1.29 is 14.4 Å². The maximum Gasteiger partial charge on any atom is 0.244 e. The van der Waals surface area contributed by atoms with E-state index in [4.69, 9.17) is 4.74 Å². The number of hydrogen-bond donors (Lipinski definition) is 1. The summed E-state index contributed by atoms with van der Waals surface area (Å²) >= 11 is 0. The second-order valence-corrected chi connectivity index (χ2v) is 7.15. The van der Waals surface area contributed by atoms with Gasteiger partial charge in [-0.15, -0.1) is 0 Å². The van der Waals surface area contributed by atoms with E-state index in [-0.39, 0.29) is 0 Å². The van der Waals surface area contributed by atoms with E-state index in [0.717, 1.165) is 25.0 Å². The number of hydrogen-bond acceptors (Lipinski definition) is 2. The van der Waals surface area contributed by atoms with Gasteiger partial charge in [0.1, 0.15) is 12.6 Å². The summed E-state index contributed by atoms with van der Waals surface area (Å²) < 4.78 is 10.0. The minimum absolute atomic E-state index is 0.397. The highest BCUT2D eigenvalue weighted by Crippen LogP contribution is 2.19. The van der Waals surface area contributed by atoms with E-state index in [2.05, 4.69) is 53.6 Å². The molecule has 0 aliphatic heterocycles. The van der Waals surface area contributed by atoms with Gasteiger partial charge in [-0.1, -0.05) is 12.2 Å². The number of benzene rings is 1. The van der Waals surface area contributed by atoms with Gasteiger partial charge in [0.05, 0.1) is 13.7 Å². The van der Waals surface area contributed by atoms with Crippen LogP contribution in [0.15, 0.2) is 30.6 Å². The summed E-state index contributed by atoms with van der Waals surface area (Å²) in [5.74, 6) is 0.609. The molecule has 130 valence electrons. The maximum atomic E-state index is 10.4. The van der Waals surface area contributed by atoms with Crippen molar-refractivity contribution in [3.05, 3.63) is 41.7 Å². The second kappa shape index (κ2) is 7.49. The molecule has 0 saturated carbocycles. The highest BCUT2D eigenvalue weighted by atomic mass is 16.5. The predicted molar refractivity (Wildman–Crippen MR) is 95.9 cm³/mol. The third-order valence-corrected chi connectivity index (χ3v) is 5.04. The number of aliphatic hydroxyl groups is 1. The molecule has 24 heavy (non-hydrogen) atoms. The number of rotatable bonds is 6. The molecule has 0 amide bonds. The zero-order chi connectivity index (χ0) is 17.1. The lowest BCUT2D eigenvalue weighted by atomic mass is 9.95. The number of nitrogens with zero attached hydrogens (tertiary/aromatic N) is 2. The molecule has 1 N–H and O–H groups in total. The van der Waals surface area contributed by atoms with Crippen molar-refractivity contribution in [3.8, 4) is 0 Å². The average Bonchev–Trinajstić information content (AvgIpc) is 2.84. The fourth-order valence-electron chi connectivity index (χ4n) is 3.44. The molecule has 0 unspecified atom stereocenters. The molecule has 3 rings (SSSR count). The molecule has 4 nitrogen and oxygen atoms in total. The Morgan fingerprint density at radius 2 is 2.08 bits per heavy atom. The van der Waals surface area contributed by atoms with Crippen LogP contribution >= 0.6 is 0 Å². The third kappa shape index (κ3) is 3.87. The fraction of sp³-hybridized carbons (Fsp3) is 0.550. The number of fused-ring (bicyclic) bond motifs is 1. The lowest BCUT2D eigenvalue weighted by Crippen LogP contribution is -2.27. The predicted octanol–water partition coefficient (Wildman–Crippen LogP) is 2.82. The number of aromatic nitrogens is 2. The summed E-state index contributed by atoms with van der Waals surface area (Å²) in [7, 11) is 2.05. The molecule has 2 atom stereocenters. The molecular formula is C20H29N2O2+. The van der Waals surface area contributed by atoms with Crippen LogP contribution in [0.5, 0.6) is 0 Å². The normalized spacial score (nSPS) is 19.1. The molecule has 1 aliphatic rings. The first kappa shape index (κ1) is 17.2. The van der Waals surface area contributed by atoms with Crippen LogP contribution in [-0.4, -0.2) is 29.0 Å². The zero-order valence-corrected chi connectivity index (χ0v) is 15.0. The van der Waals surface area contributed by atoms with Crippen LogP contribution in [0.2, 0.25) is 0 Å². The minimum atomic E-state index is -0.485. The number of allylic oxidation sites excluding steroid dienone is 2. The van der Waals surface area contributed by atoms with Gasteiger partial charge in [0.15, 0.2) is 11.0 Å². The van der Waals surface area contributed by atoms with Crippen molar-refractivity contribution in [3.63, 3.8) is 0 Å². The third-order valence-electron chi connectivity index (χ3n) is 5.04. The van der Waals surface area contributed by atoms with E-state index in [1.165, 1.54) is 23.1 Å². The topological polar surface area (TPSA) is 38.3 Å². The summed E-state index contributed by atoms with van der Waals surface area (Å²) in [6.07, 6.45) is 9.51. The first-order chi connectivity index (χ1) is 11.5. The molecule has 0 saturated heterocycles. The second-order valence-electron chi connectivity index (χ2n) is 7.15. The summed E-state index contributed by atoms with van der Waals surface area (Å²) in [6, 6.07) is 4.41. The Labute approximate surface area is 144 Å². The molecule has 4 heteroatoms. The summed E-state index contributed by atoms with van der Waals surface area (Å²) in [4.78, 5) is 0. The molecule has 0 radical (unpaired) electrons. The molecule has 0 fully saturated rings. The first-order valence-corrected chi connectivity index (χ1v) is 8.91. The van der Waals surface area contributed by atoms with Gasteiger partial charge in [0, 0.05) is 6.61 Å². The van der Waals surface area contributed by atoms with Gasteiger partial charge in [0.2, 0.25) is 6.33 Å². The summed E-state index contributed by atoms with van der Waals surface area (Å²) in [5.41, 5.74) is 4.93. The van der Waals surface area contributed by atoms with Gasteiger partial charge < -0.3 is 9.84 Å². The van der Waals surface area contributed by atoms with E-state index < -0.39 is 6.10 Å². The SMILES string of the molecule is Cc1cc2c(cc1C)[n+](C)cn2C[C@@H](O)COC[C@@H]1CC=CCC1. The Balaban J connectivity index is 1.60. The maximum absolute atomic E-state index is 10.4. The molecule has 1 aromatic heterocycles. The van der Waals surface area contributed by atoms with Crippen molar-refractivity contribution >= 4 is 11.0 Å². The van der Waals surface area contributed by atoms with Crippen molar-refractivity contribution in [1.29, 1.82) is 0 Å². The van der Waals surface area contributed by atoms with Crippen LogP contribution in [0.1, 0.15) is 30.4 Å². The smallest absolute Gasteiger partial charge is 0.244 e. The number of ether oxygens (including phenoxy) is 1. The number of aryl methyl sites for hydroxylation is 3. The fourth-order valence-corrected chi connectivity index (χ4v) is 3.44. The Morgan fingerprint density at radius 1 is 1.29 bits per heavy atom. The highest BCUT2D eigenvalue weighted by Gasteiger charge is 2.18. The van der Waals surface area contributed by atoms with Gasteiger partial charge in [0.25, 0.3) is 0 Å². The van der Waals surface area contributed by atoms with Crippen molar-refractivity contribution in [2.75, 3.05) is 13.2 Å². The summed E-state index contributed by atoms with van der Waals surface area (Å²) in [5, 5.41) is 10.4. The lowest BCUT2D eigenvalue weighted by Gasteiger charge is -2.18. The molecule has 0 bridgehead atoms. The van der Waals surface area contributed by atoms with E-state index in [0.29, 0.717) is 19.1 Å². The van der Waals surface area contributed by atoms with Crippen molar-refractivity contribution in [1.82, 2.24) is 4.57 Å². The standard InChI is InChI=1S/C20H29N2O2/c1-15-9-19-20(10-16(15)2)22(14-21(19)3)11-18(23)13-24-12-17-7-5-4-6-8-17/h4-5,9-10,14,17-18,23H,6-8,11-13H2,1-3H3/q+1/t17-,18-/m1/s1. The lowest BCUT2D eigenvalue weighted by molar-refractivity contribution is -0.645. The van der Waals surface area contributed by atoms with Crippen LogP contribution in [0.4, 0.5) is 0 Å². The van der Waals surface area contributed by atoms with Crippen molar-refractivity contribution in [2.24, 2.45) is 13.0 Å². The van der Waals surface area contributed by atoms with Crippen molar-refractivity contribution in [2.45, 2.75) is 45.8 Å². The van der Waals surface area contributed by atoms with Gasteiger partial charge in [-0.25, -0.2) is 9.13 Å². The van der Waals surface area contributed by atoms with Crippen LogP contribution in [0.3, 0.4) is 0 Å². The van der Waals surface area contributed by atoms with Crippen LogP contribution in [-0.2, 0) is 18.3 Å².